The zero-order chi connectivity index (χ0) is 23.4. The Balaban J connectivity index is 1.57. The van der Waals surface area contributed by atoms with Gasteiger partial charge in [-0.1, -0.05) is 35.1 Å². The third-order valence-electron chi connectivity index (χ3n) is 4.57. The highest BCUT2D eigenvalue weighted by atomic mass is 32.2. The van der Waals surface area contributed by atoms with Gasteiger partial charge in [-0.2, -0.15) is 13.8 Å². The molecule has 0 aliphatic carbocycles. The topological polar surface area (TPSA) is 92.3 Å². The number of hydrogen-bond donors (Lipinski definition) is 0. The molecule has 0 unspecified atom stereocenters. The van der Waals surface area contributed by atoms with E-state index < -0.39 is 6.61 Å². The maximum absolute atomic E-state index is 12.8. The van der Waals surface area contributed by atoms with Crippen LogP contribution in [0.4, 0.5) is 8.78 Å². The summed E-state index contributed by atoms with van der Waals surface area (Å²) in [6, 6.07) is 11.5. The molecule has 0 atom stereocenters. The summed E-state index contributed by atoms with van der Waals surface area (Å²) >= 11 is 1.27. The van der Waals surface area contributed by atoms with E-state index in [0.29, 0.717) is 34.1 Å². The number of aromatic nitrogens is 4. The van der Waals surface area contributed by atoms with Crippen LogP contribution in [0.3, 0.4) is 0 Å². The monoisotopic (exact) mass is 472 g/mol. The normalized spacial score (nSPS) is 11.2. The number of rotatable bonds is 9. The van der Waals surface area contributed by atoms with E-state index in [1.165, 1.54) is 41.6 Å². The minimum atomic E-state index is -2.97. The number of fused-ring (bicyclic) bond motifs is 1. The number of ether oxygens (including phenoxy) is 2. The van der Waals surface area contributed by atoms with Crippen molar-refractivity contribution in [3.63, 3.8) is 0 Å². The van der Waals surface area contributed by atoms with Crippen molar-refractivity contribution >= 4 is 22.7 Å². The van der Waals surface area contributed by atoms with Gasteiger partial charge in [-0.15, -0.1) is 6.58 Å². The van der Waals surface area contributed by atoms with Gasteiger partial charge in [-0.3, -0.25) is 9.36 Å². The van der Waals surface area contributed by atoms with Gasteiger partial charge in [0.2, 0.25) is 11.7 Å². The van der Waals surface area contributed by atoms with E-state index in [1.807, 2.05) is 6.07 Å². The fourth-order valence-electron chi connectivity index (χ4n) is 3.10. The van der Waals surface area contributed by atoms with Crippen LogP contribution in [0.5, 0.6) is 11.5 Å². The van der Waals surface area contributed by atoms with Gasteiger partial charge in [0.05, 0.1) is 23.8 Å². The van der Waals surface area contributed by atoms with Crippen LogP contribution >= 0.6 is 11.8 Å². The van der Waals surface area contributed by atoms with Crippen molar-refractivity contribution in [2.24, 2.45) is 0 Å². The maximum atomic E-state index is 12.8. The number of nitrogens with zero attached hydrogens (tertiary/aromatic N) is 4. The molecule has 0 bridgehead atoms. The molecule has 0 saturated heterocycles. The van der Waals surface area contributed by atoms with Gasteiger partial charge in [-0.05, 0) is 30.3 Å². The predicted octanol–water partition coefficient (Wildman–Crippen LogP) is 4.53. The zero-order valence-electron chi connectivity index (χ0n) is 17.4. The minimum Gasteiger partial charge on any atom is -0.493 e. The average molecular weight is 472 g/mol. The SMILES string of the molecule is C=CCn1c(SCc2nc(-c3ccc(OC(F)F)c(OC)c3)no2)nc2ccccc2c1=O. The van der Waals surface area contributed by atoms with Gasteiger partial charge < -0.3 is 14.0 Å². The minimum absolute atomic E-state index is 0.0990. The second-order valence-corrected chi connectivity index (χ2v) is 7.60. The molecule has 0 aliphatic rings. The standard InChI is InChI=1S/C22H18F2N4O4S/c1-3-10-28-20(29)14-6-4-5-7-15(14)25-22(28)33-12-18-26-19(27-32-18)13-8-9-16(31-21(23)24)17(11-13)30-2/h3-9,11,21H,1,10,12H2,2H3. The van der Waals surface area contributed by atoms with Gasteiger partial charge in [0.1, 0.15) is 0 Å². The maximum Gasteiger partial charge on any atom is 0.387 e. The quantitative estimate of drug-likeness (QED) is 0.199. The summed E-state index contributed by atoms with van der Waals surface area (Å²) in [7, 11) is 1.34. The Morgan fingerprint density at radius 2 is 2.03 bits per heavy atom. The fourth-order valence-corrected chi connectivity index (χ4v) is 3.95. The molecule has 2 heterocycles. The van der Waals surface area contributed by atoms with Crippen molar-refractivity contribution in [3.8, 4) is 22.9 Å². The van der Waals surface area contributed by atoms with Crippen LogP contribution < -0.4 is 15.0 Å². The molecule has 0 amide bonds. The number of halogens is 2. The third-order valence-corrected chi connectivity index (χ3v) is 5.53. The molecule has 0 N–H and O–H groups in total. The Kier molecular flexibility index (Phi) is 6.68. The van der Waals surface area contributed by atoms with Gasteiger partial charge in [0, 0.05) is 12.1 Å². The fraction of sp³-hybridized carbons (Fsp3) is 0.182. The second-order valence-electron chi connectivity index (χ2n) is 6.66. The lowest BCUT2D eigenvalue weighted by Crippen LogP contribution is -2.22. The highest BCUT2D eigenvalue weighted by Gasteiger charge is 2.16. The molecule has 4 rings (SSSR count). The van der Waals surface area contributed by atoms with E-state index in [2.05, 4.69) is 26.4 Å². The lowest BCUT2D eigenvalue weighted by molar-refractivity contribution is -0.0512. The predicted molar refractivity (Wildman–Crippen MR) is 119 cm³/mol. The van der Waals surface area contributed by atoms with Gasteiger partial charge >= 0.3 is 6.61 Å². The summed E-state index contributed by atoms with van der Waals surface area (Å²) < 4.78 is 41.4. The van der Waals surface area contributed by atoms with E-state index in [-0.39, 0.29) is 28.6 Å². The Bertz CT molecular complexity index is 1360. The summed E-state index contributed by atoms with van der Waals surface area (Å²) in [6.45, 7) is 1.05. The molecule has 4 aromatic rings. The molecule has 0 spiro atoms. The largest absolute Gasteiger partial charge is 0.493 e. The number of thioether (sulfide) groups is 1. The van der Waals surface area contributed by atoms with Crippen LogP contribution in [-0.4, -0.2) is 33.4 Å². The van der Waals surface area contributed by atoms with Gasteiger partial charge in [0.25, 0.3) is 5.56 Å². The summed E-state index contributed by atoms with van der Waals surface area (Å²) in [5.74, 6) is 0.829. The van der Waals surface area contributed by atoms with Gasteiger partial charge in [-0.25, -0.2) is 4.98 Å². The molecule has 0 saturated carbocycles. The lowest BCUT2D eigenvalue weighted by Gasteiger charge is -2.10. The summed E-state index contributed by atoms with van der Waals surface area (Å²) in [5.41, 5.74) is 0.933. The first-order chi connectivity index (χ1) is 16.0. The van der Waals surface area contributed by atoms with E-state index in [4.69, 9.17) is 9.26 Å². The van der Waals surface area contributed by atoms with Crippen LogP contribution in [0.15, 0.2) is 69.6 Å². The molecular formula is C22H18F2N4O4S. The molecular weight excluding hydrogens is 454 g/mol. The highest BCUT2D eigenvalue weighted by molar-refractivity contribution is 7.98. The smallest absolute Gasteiger partial charge is 0.387 e. The first kappa shape index (κ1) is 22.5. The number of hydrogen-bond acceptors (Lipinski definition) is 8. The molecule has 0 radical (unpaired) electrons. The molecule has 11 heteroatoms. The van der Waals surface area contributed by atoms with Crippen LogP contribution in [0.1, 0.15) is 5.89 Å². The Morgan fingerprint density at radius 3 is 2.79 bits per heavy atom. The first-order valence-corrected chi connectivity index (χ1v) is 10.7. The molecule has 0 aliphatic heterocycles. The van der Waals surface area contributed by atoms with Crippen molar-refractivity contribution in [2.75, 3.05) is 7.11 Å². The number of methoxy groups -OCH3 is 1. The van der Waals surface area contributed by atoms with Crippen molar-refractivity contribution in [3.05, 3.63) is 71.4 Å². The van der Waals surface area contributed by atoms with Crippen molar-refractivity contribution in [1.29, 1.82) is 0 Å². The third kappa shape index (κ3) is 4.87. The van der Waals surface area contributed by atoms with Crippen molar-refractivity contribution in [1.82, 2.24) is 19.7 Å². The summed E-state index contributed by atoms with van der Waals surface area (Å²) in [6.07, 6.45) is 1.63. The molecule has 2 aromatic heterocycles. The van der Waals surface area contributed by atoms with E-state index in [0.717, 1.165) is 0 Å². The van der Waals surface area contributed by atoms with Crippen LogP contribution in [0, 0.1) is 0 Å². The molecule has 0 fully saturated rings. The number of alkyl halides is 2. The Hall–Kier alpha value is -3.73. The molecule has 8 nitrogen and oxygen atoms in total. The molecule has 33 heavy (non-hydrogen) atoms. The molecule has 170 valence electrons. The number of benzene rings is 2. The van der Waals surface area contributed by atoms with Crippen molar-refractivity contribution < 1.29 is 22.8 Å². The zero-order valence-corrected chi connectivity index (χ0v) is 18.2. The van der Waals surface area contributed by atoms with Crippen LogP contribution in [0.25, 0.3) is 22.3 Å². The highest BCUT2D eigenvalue weighted by Crippen LogP contribution is 2.33. The average Bonchev–Trinajstić information content (AvgIpc) is 3.29. The summed E-state index contributed by atoms with van der Waals surface area (Å²) in [5, 5.41) is 4.96. The lowest BCUT2D eigenvalue weighted by atomic mass is 10.2. The second kappa shape index (κ2) is 9.82. The van der Waals surface area contributed by atoms with E-state index in [1.54, 1.807) is 24.3 Å². The van der Waals surface area contributed by atoms with Crippen molar-refractivity contribution in [2.45, 2.75) is 24.1 Å². The van der Waals surface area contributed by atoms with Crippen LogP contribution in [-0.2, 0) is 12.3 Å². The number of para-hydroxylation sites is 1. The Labute approximate surface area is 190 Å². The number of allylic oxidation sites excluding steroid dienone is 1. The Morgan fingerprint density at radius 1 is 1.21 bits per heavy atom. The van der Waals surface area contributed by atoms with E-state index in [9.17, 15) is 13.6 Å². The van der Waals surface area contributed by atoms with E-state index >= 15 is 0 Å². The first-order valence-electron chi connectivity index (χ1n) is 9.69. The summed E-state index contributed by atoms with van der Waals surface area (Å²) in [4.78, 5) is 21.8. The van der Waals surface area contributed by atoms with Gasteiger partial charge in [0.15, 0.2) is 16.7 Å². The van der Waals surface area contributed by atoms with Crippen LogP contribution in [0.2, 0.25) is 0 Å². The molecule has 2 aromatic carbocycles.